The normalized spacial score (nSPS) is 19.0. The van der Waals surface area contributed by atoms with Crippen LogP contribution in [0.4, 0.5) is 11.6 Å². The zero-order valence-corrected chi connectivity index (χ0v) is 40.6. The number of carbonyl (C=O) groups is 2. The molecule has 358 valence electrons. The first-order valence-corrected chi connectivity index (χ1v) is 25.7. The van der Waals surface area contributed by atoms with Crippen LogP contribution in [0.15, 0.2) is 85.2 Å². The number of benzene rings is 3. The van der Waals surface area contributed by atoms with Gasteiger partial charge in [-0.1, -0.05) is 43.6 Å². The molecule has 16 nitrogen and oxygen atoms in total. The molecular formula is C50H52Cl2N10O6S. The number of halogens is 2. The van der Waals surface area contributed by atoms with E-state index in [4.69, 9.17) is 37.7 Å². The summed E-state index contributed by atoms with van der Waals surface area (Å²) in [5, 5.41) is 14.1. The standard InChI is InChI=1S/C50H52Cl2N10O6S/c1-50(2,33-23-31(25-53)46(40(52)24-33)67-22-17-51)32-8-10-37(11-9-32)68-30-34-14-19-55-49(56-34)58-69(65,66)38-15-20-59(21-16-38)35-26-60(27-35)36-28-61(29-36)41-6-3-7-42-45(41)39-5-4-18-54-47(39)62(42)43-12-13-44(63)57-48(43)64/h3-11,14,18-19,23-24,35-36,38,43H,12-13,15-17,20-22,26-30H2,1-2H3,(H,55,56,58)(H,57,63,64). The number of anilines is 2. The number of hydrogen-bond acceptors (Lipinski definition) is 13. The molecule has 3 aromatic heterocycles. The van der Waals surface area contributed by atoms with Crippen molar-refractivity contribution in [2.45, 2.75) is 74.9 Å². The van der Waals surface area contributed by atoms with E-state index in [2.05, 4.69) is 52.9 Å². The average molecular weight is 992 g/mol. The molecule has 2 N–H and O–H groups in total. The highest BCUT2D eigenvalue weighted by atomic mass is 35.5. The predicted molar refractivity (Wildman–Crippen MR) is 264 cm³/mol. The van der Waals surface area contributed by atoms with Gasteiger partial charge in [0.05, 0.1) is 32.9 Å². The molecule has 7 heterocycles. The van der Waals surface area contributed by atoms with Crippen molar-refractivity contribution in [3.63, 3.8) is 0 Å². The van der Waals surface area contributed by atoms with E-state index in [0.29, 0.717) is 78.6 Å². The SMILES string of the molecule is CC(C)(c1ccc(OCc2ccnc(NS(=O)(=O)C3CCN(C4CN(C5CN(c6cccc7c6c6cccnc6n7C6CCC(=O)NC6=O)C5)C4)CC3)n2)cc1)c1cc(Cl)c(OCCCl)c(C#N)c1. The largest absolute Gasteiger partial charge is 0.489 e. The van der Waals surface area contributed by atoms with Gasteiger partial charge in [-0.15, -0.1) is 11.6 Å². The molecule has 4 fully saturated rings. The van der Waals surface area contributed by atoms with Crippen LogP contribution in [0.25, 0.3) is 21.9 Å². The van der Waals surface area contributed by atoms with Gasteiger partial charge in [-0.05, 0) is 98.1 Å². The molecule has 0 saturated carbocycles. The fraction of sp³-hybridized carbons (Fsp3) is 0.400. The van der Waals surface area contributed by atoms with Gasteiger partial charge >= 0.3 is 0 Å². The summed E-state index contributed by atoms with van der Waals surface area (Å²) in [6.45, 7) is 9.50. The Kier molecular flexibility index (Phi) is 12.9. The van der Waals surface area contributed by atoms with Crippen molar-refractivity contribution in [1.29, 1.82) is 5.26 Å². The Balaban J connectivity index is 0.694. The van der Waals surface area contributed by atoms with E-state index in [0.717, 1.165) is 64.9 Å². The van der Waals surface area contributed by atoms with Gasteiger partial charge in [-0.2, -0.15) is 5.26 Å². The minimum atomic E-state index is -3.74. The number of aromatic nitrogens is 4. The lowest BCUT2D eigenvalue weighted by Crippen LogP contribution is -2.70. The highest BCUT2D eigenvalue weighted by molar-refractivity contribution is 7.93. The lowest BCUT2D eigenvalue weighted by molar-refractivity contribution is -0.135. The van der Waals surface area contributed by atoms with Gasteiger partial charge in [-0.3, -0.25) is 29.4 Å². The van der Waals surface area contributed by atoms with Crippen LogP contribution in [0, 0.1) is 11.3 Å². The number of ether oxygens (including phenoxy) is 2. The number of likely N-dealkylation sites (tertiary alicyclic amines) is 2. The summed E-state index contributed by atoms with van der Waals surface area (Å²) in [6.07, 6.45) is 5.03. The molecule has 1 atom stereocenters. The Bertz CT molecular complexity index is 3090. The van der Waals surface area contributed by atoms with Gasteiger partial charge in [-0.25, -0.2) is 23.4 Å². The van der Waals surface area contributed by atoms with Gasteiger partial charge in [0.2, 0.25) is 27.8 Å². The van der Waals surface area contributed by atoms with Gasteiger partial charge in [0.15, 0.2) is 5.75 Å². The van der Waals surface area contributed by atoms with E-state index >= 15 is 0 Å². The van der Waals surface area contributed by atoms with Gasteiger partial charge in [0.1, 0.15) is 36.7 Å². The molecule has 0 radical (unpaired) electrons. The van der Waals surface area contributed by atoms with Gasteiger partial charge < -0.3 is 18.9 Å². The van der Waals surface area contributed by atoms with Crippen LogP contribution < -0.4 is 24.4 Å². The second-order valence-electron chi connectivity index (χ2n) is 18.7. The third-order valence-electron chi connectivity index (χ3n) is 14.2. The van der Waals surface area contributed by atoms with Crippen molar-refractivity contribution < 1.29 is 27.5 Å². The van der Waals surface area contributed by atoms with Crippen molar-refractivity contribution >= 4 is 78.6 Å². The molecule has 19 heteroatoms. The van der Waals surface area contributed by atoms with Crippen LogP contribution in [0.1, 0.15) is 68.0 Å². The van der Waals surface area contributed by atoms with Crippen LogP contribution in [0.2, 0.25) is 5.02 Å². The molecular weight excluding hydrogens is 940 g/mol. The quantitative estimate of drug-likeness (QED) is 0.0810. The zero-order valence-electron chi connectivity index (χ0n) is 38.3. The number of nitrogens with one attached hydrogen (secondary N) is 2. The molecule has 1 unspecified atom stereocenters. The van der Waals surface area contributed by atoms with Gasteiger partial charge in [0.25, 0.3) is 0 Å². The van der Waals surface area contributed by atoms with Crippen molar-refractivity contribution in [1.82, 2.24) is 34.6 Å². The van der Waals surface area contributed by atoms with E-state index in [-0.39, 0.29) is 36.9 Å². The number of alkyl halides is 1. The smallest absolute Gasteiger partial charge is 0.249 e. The molecule has 10 rings (SSSR count). The summed E-state index contributed by atoms with van der Waals surface area (Å²) in [6, 6.07) is 25.6. The minimum absolute atomic E-state index is 0.0160. The maximum absolute atomic E-state index is 13.6. The third-order valence-corrected chi connectivity index (χ3v) is 16.5. The summed E-state index contributed by atoms with van der Waals surface area (Å²) in [5.41, 5.74) is 4.99. The van der Waals surface area contributed by atoms with E-state index in [1.807, 2.05) is 66.9 Å². The summed E-state index contributed by atoms with van der Waals surface area (Å²) in [7, 11) is -3.74. The van der Waals surface area contributed by atoms with Crippen LogP contribution in [0.3, 0.4) is 0 Å². The monoisotopic (exact) mass is 990 g/mol. The Labute approximate surface area is 410 Å². The van der Waals surface area contributed by atoms with Crippen LogP contribution >= 0.6 is 23.2 Å². The highest BCUT2D eigenvalue weighted by Gasteiger charge is 2.43. The lowest BCUT2D eigenvalue weighted by atomic mass is 9.77. The van der Waals surface area contributed by atoms with Crippen molar-refractivity contribution in [3.05, 3.63) is 113 Å². The number of pyridine rings is 1. The Morgan fingerprint density at radius 1 is 0.899 bits per heavy atom. The number of hydrogen-bond donors (Lipinski definition) is 2. The second kappa shape index (κ2) is 19.0. The maximum Gasteiger partial charge on any atom is 0.249 e. The number of rotatable bonds is 15. The molecule has 4 aliphatic rings. The number of sulfonamides is 1. The van der Waals surface area contributed by atoms with Crippen molar-refractivity contribution in [3.8, 4) is 17.6 Å². The first-order valence-electron chi connectivity index (χ1n) is 23.3. The highest BCUT2D eigenvalue weighted by Crippen LogP contribution is 2.42. The number of piperidine rings is 2. The molecule has 3 aromatic carbocycles. The average Bonchev–Trinajstić information content (AvgIpc) is 3.65. The minimum Gasteiger partial charge on any atom is -0.489 e. The number of amides is 2. The predicted octanol–water partition coefficient (Wildman–Crippen LogP) is 6.78. The number of imide groups is 1. The Morgan fingerprint density at radius 3 is 2.41 bits per heavy atom. The topological polar surface area (TPSA) is 188 Å². The van der Waals surface area contributed by atoms with Crippen molar-refractivity contribution in [2.75, 3.05) is 61.4 Å². The molecule has 69 heavy (non-hydrogen) atoms. The maximum atomic E-state index is 13.6. The molecule has 4 saturated heterocycles. The van der Waals surface area contributed by atoms with E-state index in [1.165, 1.54) is 6.20 Å². The number of fused-ring (bicyclic) bond motifs is 3. The second-order valence-corrected chi connectivity index (χ2v) is 21.5. The lowest BCUT2D eigenvalue weighted by Gasteiger charge is -2.55. The summed E-state index contributed by atoms with van der Waals surface area (Å²) in [5.74, 6) is 0.686. The van der Waals surface area contributed by atoms with E-state index < -0.39 is 26.7 Å². The molecule has 2 amide bonds. The first-order chi connectivity index (χ1) is 33.3. The third kappa shape index (κ3) is 9.16. The number of nitrogens with zero attached hydrogens (tertiary/aromatic N) is 8. The number of nitriles is 1. The Morgan fingerprint density at radius 2 is 1.67 bits per heavy atom. The van der Waals surface area contributed by atoms with E-state index in [1.54, 1.807) is 18.3 Å². The van der Waals surface area contributed by atoms with Crippen LogP contribution in [0.5, 0.6) is 11.5 Å². The van der Waals surface area contributed by atoms with Crippen LogP contribution in [-0.2, 0) is 31.6 Å². The van der Waals surface area contributed by atoms with E-state index in [9.17, 15) is 23.3 Å². The molecule has 4 aliphatic heterocycles. The molecule has 6 aromatic rings. The van der Waals surface area contributed by atoms with Gasteiger partial charge in [0, 0.05) is 79.0 Å². The fourth-order valence-electron chi connectivity index (χ4n) is 10.2. The molecule has 0 spiro atoms. The zero-order chi connectivity index (χ0) is 48.0. The summed E-state index contributed by atoms with van der Waals surface area (Å²) < 4.78 is 43.5. The summed E-state index contributed by atoms with van der Waals surface area (Å²) >= 11 is 12.3. The Hall–Kier alpha value is -6.03. The molecule has 0 aliphatic carbocycles. The molecule has 0 bridgehead atoms. The summed E-state index contributed by atoms with van der Waals surface area (Å²) in [4.78, 5) is 45.7. The fourth-order valence-corrected chi connectivity index (χ4v) is 11.9. The van der Waals surface area contributed by atoms with Crippen LogP contribution in [-0.4, -0.2) is 119 Å². The first kappa shape index (κ1) is 46.7. The van der Waals surface area contributed by atoms with Crippen molar-refractivity contribution in [2.24, 2.45) is 0 Å². The number of carbonyl (C=O) groups excluding carboxylic acids is 2.